The molecule has 1 fully saturated rings. The van der Waals surface area contributed by atoms with Gasteiger partial charge in [0.2, 0.25) is 0 Å². The van der Waals surface area contributed by atoms with Crippen LogP contribution >= 0.6 is 22.6 Å². The Hall–Kier alpha value is -0.820. The van der Waals surface area contributed by atoms with E-state index in [4.69, 9.17) is 4.74 Å². The summed E-state index contributed by atoms with van der Waals surface area (Å²) in [5.41, 5.74) is 0.0227. The Bertz CT molecular complexity index is 557. The van der Waals surface area contributed by atoms with E-state index in [1.165, 1.54) is 6.42 Å². The van der Waals surface area contributed by atoms with Gasteiger partial charge in [0.05, 0.1) is 0 Å². The molecule has 4 nitrogen and oxygen atoms in total. The monoisotopic (exact) mass is 445 g/mol. The van der Waals surface area contributed by atoms with Crippen molar-refractivity contribution in [2.75, 3.05) is 7.11 Å². The average Bonchev–Trinajstić information content (AvgIpc) is 2.55. The van der Waals surface area contributed by atoms with Gasteiger partial charge in [-0.15, -0.1) is 0 Å². The maximum Gasteiger partial charge on any atom is 0.410 e. The van der Waals surface area contributed by atoms with Crippen LogP contribution in [-0.2, 0) is 10.5 Å². The summed E-state index contributed by atoms with van der Waals surface area (Å²) in [5.74, 6) is 0.311. The van der Waals surface area contributed by atoms with E-state index in [1.54, 1.807) is 12.0 Å². The molecule has 24 heavy (non-hydrogen) atoms. The van der Waals surface area contributed by atoms with Gasteiger partial charge in [0.25, 0.3) is 0 Å². The lowest BCUT2D eigenvalue weighted by Crippen LogP contribution is -2.56. The minimum absolute atomic E-state index is 0.0194. The average molecular weight is 445 g/mol. The molecule has 1 saturated carbocycles. The summed E-state index contributed by atoms with van der Waals surface area (Å²) < 4.78 is 7.07. The number of benzene rings is 1. The summed E-state index contributed by atoms with van der Waals surface area (Å²) in [4.78, 5) is 13.9. The van der Waals surface area contributed by atoms with Crippen LogP contribution in [0.15, 0.2) is 24.3 Å². The fourth-order valence-electron chi connectivity index (χ4n) is 3.91. The minimum atomic E-state index is -0.931. The zero-order valence-electron chi connectivity index (χ0n) is 14.8. The van der Waals surface area contributed by atoms with Gasteiger partial charge in [0, 0.05) is 28.7 Å². The van der Waals surface area contributed by atoms with Crippen LogP contribution in [0.4, 0.5) is 4.79 Å². The highest BCUT2D eigenvalue weighted by molar-refractivity contribution is 14.1. The fourth-order valence-corrected chi connectivity index (χ4v) is 4.71. The molecule has 0 saturated heterocycles. The number of rotatable bonds is 6. The number of methoxy groups -OCH3 is 1. The number of hydrogen-bond donors (Lipinski definition) is 1. The number of halogens is 1. The highest BCUT2D eigenvalue weighted by Gasteiger charge is 2.47. The van der Waals surface area contributed by atoms with Crippen molar-refractivity contribution in [1.29, 1.82) is 0 Å². The molecule has 1 aromatic rings. The predicted molar refractivity (Wildman–Crippen MR) is 104 cm³/mol. The molecule has 0 radical (unpaired) electrons. The van der Waals surface area contributed by atoms with Gasteiger partial charge in [-0.05, 0) is 47.4 Å². The number of nitrogens with zero attached hydrogens (tertiary/aromatic N) is 1. The second-order valence-electron chi connectivity index (χ2n) is 7.01. The van der Waals surface area contributed by atoms with E-state index in [9.17, 15) is 9.90 Å². The zero-order chi connectivity index (χ0) is 17.7. The van der Waals surface area contributed by atoms with E-state index < -0.39 is 11.8 Å². The molecule has 1 amide bonds. The lowest BCUT2D eigenvalue weighted by Gasteiger charge is -2.47. The van der Waals surface area contributed by atoms with Gasteiger partial charge in [-0.2, -0.15) is 0 Å². The Morgan fingerprint density at radius 1 is 1.33 bits per heavy atom. The second kappa shape index (κ2) is 8.52. The van der Waals surface area contributed by atoms with Gasteiger partial charge in [0.1, 0.15) is 0 Å². The molecule has 0 bridgehead atoms. The van der Waals surface area contributed by atoms with Crippen molar-refractivity contribution >= 4 is 28.7 Å². The fraction of sp³-hybridized carbons (Fsp3) is 0.632. The van der Waals surface area contributed by atoms with Crippen molar-refractivity contribution in [3.63, 3.8) is 0 Å². The first-order chi connectivity index (χ1) is 11.4. The summed E-state index contributed by atoms with van der Waals surface area (Å²) in [7, 11) is 1.64. The van der Waals surface area contributed by atoms with E-state index in [0.717, 1.165) is 34.8 Å². The van der Waals surface area contributed by atoms with E-state index in [1.807, 2.05) is 24.3 Å². The summed E-state index contributed by atoms with van der Waals surface area (Å²) in [5, 5.41) is 10.1. The zero-order valence-corrected chi connectivity index (χ0v) is 17.0. The van der Waals surface area contributed by atoms with E-state index in [2.05, 4.69) is 36.4 Å². The molecule has 1 aliphatic rings. The molecule has 1 aliphatic carbocycles. The maximum absolute atomic E-state index is 12.3. The molecule has 0 aliphatic heterocycles. The number of hydrogen-bond acceptors (Lipinski definition) is 2. The number of carbonyl (C=O) groups is 1. The van der Waals surface area contributed by atoms with Crippen LogP contribution in [0.3, 0.4) is 0 Å². The van der Waals surface area contributed by atoms with E-state index in [-0.39, 0.29) is 6.04 Å². The van der Waals surface area contributed by atoms with E-state index >= 15 is 0 Å². The standard InChI is InChI=1S/C19H28INO3/c1-14(2)13-19(24-3,16-11-7-8-12-17(16)20)21(18(22)23)15-9-5-4-6-10-15/h7-8,11-12,14-15H,4-6,9-10,13H2,1-3H3,(H,22,23). The van der Waals surface area contributed by atoms with Crippen molar-refractivity contribution < 1.29 is 14.6 Å². The summed E-state index contributed by atoms with van der Waals surface area (Å²) in [6.45, 7) is 4.23. The molecule has 0 spiro atoms. The first-order valence-corrected chi connectivity index (χ1v) is 9.82. The Morgan fingerprint density at radius 2 is 1.96 bits per heavy atom. The van der Waals surface area contributed by atoms with Crippen LogP contribution in [0.1, 0.15) is 57.9 Å². The number of amides is 1. The lowest BCUT2D eigenvalue weighted by atomic mass is 9.86. The first kappa shape index (κ1) is 19.5. The van der Waals surface area contributed by atoms with Gasteiger partial charge in [-0.3, -0.25) is 4.90 Å². The van der Waals surface area contributed by atoms with Crippen molar-refractivity contribution in [3.05, 3.63) is 33.4 Å². The minimum Gasteiger partial charge on any atom is -0.465 e. The topological polar surface area (TPSA) is 49.8 Å². The van der Waals surface area contributed by atoms with Crippen LogP contribution in [0.2, 0.25) is 0 Å². The smallest absolute Gasteiger partial charge is 0.410 e. The molecule has 2 rings (SSSR count). The van der Waals surface area contributed by atoms with Crippen molar-refractivity contribution in [1.82, 2.24) is 4.90 Å². The summed E-state index contributed by atoms with van der Waals surface area (Å²) in [6, 6.07) is 7.99. The number of carboxylic acid groups (broad SMARTS) is 1. The van der Waals surface area contributed by atoms with Crippen molar-refractivity contribution in [2.24, 2.45) is 5.92 Å². The summed E-state index contributed by atoms with van der Waals surface area (Å²) in [6.07, 6.45) is 4.95. The molecule has 1 N–H and O–H groups in total. The molecular weight excluding hydrogens is 417 g/mol. The van der Waals surface area contributed by atoms with Gasteiger partial charge in [-0.1, -0.05) is 51.3 Å². The molecule has 1 unspecified atom stereocenters. The van der Waals surface area contributed by atoms with Crippen molar-refractivity contribution in [2.45, 2.75) is 64.1 Å². The maximum atomic E-state index is 12.3. The van der Waals surface area contributed by atoms with Gasteiger partial charge >= 0.3 is 6.09 Å². The SMILES string of the molecule is COC(CC(C)C)(c1ccccc1I)N(C(=O)O)C1CCCCC1. The molecular formula is C19H28INO3. The normalized spacial score (nSPS) is 18.4. The van der Waals surface area contributed by atoms with Crippen LogP contribution in [0.25, 0.3) is 0 Å². The Morgan fingerprint density at radius 3 is 2.46 bits per heavy atom. The second-order valence-corrected chi connectivity index (χ2v) is 8.17. The van der Waals surface area contributed by atoms with Gasteiger partial charge in [-0.25, -0.2) is 4.79 Å². The third-order valence-electron chi connectivity index (χ3n) is 4.85. The van der Waals surface area contributed by atoms with Gasteiger partial charge < -0.3 is 9.84 Å². The quantitative estimate of drug-likeness (QED) is 0.468. The first-order valence-electron chi connectivity index (χ1n) is 8.74. The predicted octanol–water partition coefficient (Wildman–Crippen LogP) is 5.45. The highest BCUT2D eigenvalue weighted by Crippen LogP contribution is 2.42. The third-order valence-corrected chi connectivity index (χ3v) is 5.79. The number of ether oxygens (including phenoxy) is 1. The largest absolute Gasteiger partial charge is 0.465 e. The lowest BCUT2D eigenvalue weighted by molar-refractivity contribution is -0.159. The third kappa shape index (κ3) is 4.04. The van der Waals surface area contributed by atoms with Gasteiger partial charge in [0.15, 0.2) is 5.72 Å². The molecule has 0 aromatic heterocycles. The molecule has 1 aromatic carbocycles. The highest BCUT2D eigenvalue weighted by atomic mass is 127. The summed E-state index contributed by atoms with van der Waals surface area (Å²) >= 11 is 2.28. The van der Waals surface area contributed by atoms with Crippen LogP contribution < -0.4 is 0 Å². The Balaban J connectivity index is 2.57. The van der Waals surface area contributed by atoms with Crippen LogP contribution in [-0.4, -0.2) is 29.3 Å². The van der Waals surface area contributed by atoms with Crippen LogP contribution in [0.5, 0.6) is 0 Å². The molecule has 0 heterocycles. The molecule has 1 atom stereocenters. The Labute approximate surface area is 158 Å². The molecule has 134 valence electrons. The van der Waals surface area contributed by atoms with E-state index in [0.29, 0.717) is 12.3 Å². The van der Waals surface area contributed by atoms with Crippen LogP contribution in [0, 0.1) is 9.49 Å². The van der Waals surface area contributed by atoms with Crippen molar-refractivity contribution in [3.8, 4) is 0 Å². The molecule has 5 heteroatoms. The Kier molecular flexibility index (Phi) is 6.92.